The van der Waals surface area contributed by atoms with Gasteiger partial charge >= 0.3 is 0 Å². The van der Waals surface area contributed by atoms with E-state index in [1.54, 1.807) is 6.07 Å². The second-order valence-electron chi connectivity index (χ2n) is 4.14. The van der Waals surface area contributed by atoms with Crippen LogP contribution < -0.4 is 5.73 Å². The Morgan fingerprint density at radius 2 is 2.24 bits per heavy atom. The third kappa shape index (κ3) is 2.36. The van der Waals surface area contributed by atoms with Gasteiger partial charge in [-0.15, -0.1) is 0 Å². The van der Waals surface area contributed by atoms with Crippen LogP contribution in [-0.2, 0) is 0 Å². The predicted octanol–water partition coefficient (Wildman–Crippen LogP) is 2.74. The van der Waals surface area contributed by atoms with Crippen molar-refractivity contribution in [2.24, 2.45) is 11.7 Å². The minimum atomic E-state index is -0.340. The van der Waals surface area contributed by atoms with Crippen LogP contribution in [0.1, 0.15) is 23.9 Å². The number of Topliss-reactive ketones (excluding diaryl/α,β-unsaturated/α-hetero) is 1. The molecule has 2 rings (SSSR count). The highest BCUT2D eigenvalue weighted by atomic mass is 19.1. The third-order valence-corrected chi connectivity index (χ3v) is 2.77. The molecule has 0 saturated carbocycles. The number of furan rings is 1. The van der Waals surface area contributed by atoms with Crippen LogP contribution >= 0.6 is 0 Å². The Morgan fingerprint density at radius 3 is 2.94 bits per heavy atom. The molecule has 0 saturated heterocycles. The van der Waals surface area contributed by atoms with Crippen LogP contribution in [0.5, 0.6) is 0 Å². The zero-order valence-corrected chi connectivity index (χ0v) is 9.57. The van der Waals surface area contributed by atoms with E-state index >= 15 is 0 Å². The highest BCUT2D eigenvalue weighted by Gasteiger charge is 2.18. The number of carbonyl (C=O) groups is 1. The molecule has 4 heteroatoms. The summed E-state index contributed by atoms with van der Waals surface area (Å²) in [6, 6.07) is 5.76. The Balaban J connectivity index is 2.33. The van der Waals surface area contributed by atoms with Crippen molar-refractivity contribution in [3.63, 3.8) is 0 Å². The minimum absolute atomic E-state index is 0.0907. The predicted molar refractivity (Wildman–Crippen MR) is 63.3 cm³/mol. The Hall–Kier alpha value is -1.68. The molecule has 1 heterocycles. The number of hydrogen-bond acceptors (Lipinski definition) is 3. The van der Waals surface area contributed by atoms with Crippen molar-refractivity contribution in [2.75, 3.05) is 6.54 Å². The van der Waals surface area contributed by atoms with E-state index in [2.05, 4.69) is 0 Å². The molecule has 1 aromatic carbocycles. The largest absolute Gasteiger partial charge is 0.453 e. The lowest BCUT2D eigenvalue weighted by Crippen LogP contribution is -2.14. The van der Waals surface area contributed by atoms with Crippen LogP contribution in [0.2, 0.25) is 0 Å². The maximum Gasteiger partial charge on any atom is 0.200 e. The monoisotopic (exact) mass is 235 g/mol. The van der Waals surface area contributed by atoms with E-state index in [0.717, 1.165) is 0 Å². The van der Waals surface area contributed by atoms with Gasteiger partial charge in [0.05, 0.1) is 0 Å². The van der Waals surface area contributed by atoms with Crippen LogP contribution in [0.25, 0.3) is 11.0 Å². The van der Waals surface area contributed by atoms with E-state index in [9.17, 15) is 9.18 Å². The number of hydrogen-bond donors (Lipinski definition) is 1. The zero-order valence-electron chi connectivity index (χ0n) is 9.57. The zero-order chi connectivity index (χ0) is 12.4. The number of fused-ring (bicyclic) bond motifs is 1. The van der Waals surface area contributed by atoms with Crippen LogP contribution in [0.3, 0.4) is 0 Å². The van der Waals surface area contributed by atoms with Crippen molar-refractivity contribution in [3.05, 3.63) is 35.8 Å². The SMILES string of the molecule is CC(CCN)C(=O)c1cc2cc(F)ccc2o1. The first-order valence-corrected chi connectivity index (χ1v) is 5.55. The third-order valence-electron chi connectivity index (χ3n) is 2.77. The van der Waals surface area contributed by atoms with Gasteiger partial charge in [0.1, 0.15) is 11.4 Å². The van der Waals surface area contributed by atoms with E-state index in [1.807, 2.05) is 6.92 Å². The first kappa shape index (κ1) is 11.8. The number of halogens is 1. The van der Waals surface area contributed by atoms with Crippen molar-refractivity contribution in [3.8, 4) is 0 Å². The smallest absolute Gasteiger partial charge is 0.200 e. The average Bonchev–Trinajstić information content (AvgIpc) is 2.71. The maximum atomic E-state index is 13.0. The van der Waals surface area contributed by atoms with Gasteiger partial charge in [0.15, 0.2) is 5.76 Å². The Kier molecular flexibility index (Phi) is 3.24. The summed E-state index contributed by atoms with van der Waals surface area (Å²) in [6.07, 6.45) is 0.615. The summed E-state index contributed by atoms with van der Waals surface area (Å²) in [4.78, 5) is 11.9. The molecule has 0 aliphatic heterocycles. The van der Waals surface area contributed by atoms with E-state index < -0.39 is 0 Å². The highest BCUT2D eigenvalue weighted by Crippen LogP contribution is 2.22. The summed E-state index contributed by atoms with van der Waals surface area (Å²) in [5.41, 5.74) is 5.93. The molecule has 1 aromatic heterocycles. The van der Waals surface area contributed by atoms with Crippen molar-refractivity contribution >= 4 is 16.8 Å². The molecule has 0 aliphatic rings. The molecule has 0 radical (unpaired) electrons. The molecular weight excluding hydrogens is 221 g/mol. The summed E-state index contributed by atoms with van der Waals surface area (Å²) >= 11 is 0. The minimum Gasteiger partial charge on any atom is -0.453 e. The Labute approximate surface area is 98.4 Å². The first-order chi connectivity index (χ1) is 8.11. The normalized spacial score (nSPS) is 12.9. The summed E-state index contributed by atoms with van der Waals surface area (Å²) in [7, 11) is 0. The lowest BCUT2D eigenvalue weighted by molar-refractivity contribution is 0.0899. The van der Waals surface area contributed by atoms with E-state index in [0.29, 0.717) is 23.9 Å². The summed E-state index contributed by atoms with van der Waals surface area (Å²) in [5, 5.41) is 0.605. The van der Waals surface area contributed by atoms with E-state index in [4.69, 9.17) is 10.2 Å². The van der Waals surface area contributed by atoms with Gasteiger partial charge in [0, 0.05) is 11.3 Å². The molecule has 0 fully saturated rings. The van der Waals surface area contributed by atoms with Crippen molar-refractivity contribution in [1.82, 2.24) is 0 Å². The van der Waals surface area contributed by atoms with Crippen LogP contribution in [0.15, 0.2) is 28.7 Å². The molecule has 2 N–H and O–H groups in total. The molecule has 0 amide bonds. The molecule has 0 spiro atoms. The molecular formula is C13H14FNO2. The van der Waals surface area contributed by atoms with Crippen molar-refractivity contribution < 1.29 is 13.6 Å². The summed E-state index contributed by atoms with van der Waals surface area (Å²) < 4.78 is 18.4. The molecule has 0 bridgehead atoms. The number of carbonyl (C=O) groups excluding carboxylic acids is 1. The lowest BCUT2D eigenvalue weighted by Gasteiger charge is -2.05. The molecule has 2 aromatic rings. The van der Waals surface area contributed by atoms with Gasteiger partial charge in [0.25, 0.3) is 0 Å². The fourth-order valence-corrected chi connectivity index (χ4v) is 1.76. The van der Waals surface area contributed by atoms with Gasteiger partial charge < -0.3 is 10.2 Å². The standard InChI is InChI=1S/C13H14FNO2/c1-8(4-5-15)13(16)12-7-9-6-10(14)2-3-11(9)17-12/h2-3,6-8H,4-5,15H2,1H3. The average molecular weight is 235 g/mol. The maximum absolute atomic E-state index is 13.0. The topological polar surface area (TPSA) is 56.2 Å². The fourth-order valence-electron chi connectivity index (χ4n) is 1.76. The first-order valence-electron chi connectivity index (χ1n) is 5.55. The van der Waals surface area contributed by atoms with E-state index in [1.165, 1.54) is 18.2 Å². The van der Waals surface area contributed by atoms with Crippen molar-refractivity contribution in [2.45, 2.75) is 13.3 Å². The van der Waals surface area contributed by atoms with Crippen LogP contribution in [0, 0.1) is 11.7 Å². The Bertz CT molecular complexity index is 547. The molecule has 1 atom stereocenters. The van der Waals surface area contributed by atoms with Gasteiger partial charge in [-0.3, -0.25) is 4.79 Å². The number of benzene rings is 1. The molecule has 3 nitrogen and oxygen atoms in total. The Morgan fingerprint density at radius 1 is 1.47 bits per heavy atom. The fraction of sp³-hybridized carbons (Fsp3) is 0.308. The van der Waals surface area contributed by atoms with Gasteiger partial charge in [-0.25, -0.2) is 4.39 Å². The van der Waals surface area contributed by atoms with Gasteiger partial charge in [-0.1, -0.05) is 6.92 Å². The quantitative estimate of drug-likeness (QED) is 0.829. The summed E-state index contributed by atoms with van der Waals surface area (Å²) in [6.45, 7) is 2.27. The number of ketones is 1. The second kappa shape index (κ2) is 4.67. The molecule has 17 heavy (non-hydrogen) atoms. The van der Waals surface area contributed by atoms with Gasteiger partial charge in [-0.05, 0) is 37.2 Å². The van der Waals surface area contributed by atoms with Gasteiger partial charge in [-0.2, -0.15) is 0 Å². The van der Waals surface area contributed by atoms with E-state index in [-0.39, 0.29) is 23.3 Å². The van der Waals surface area contributed by atoms with Crippen molar-refractivity contribution in [1.29, 1.82) is 0 Å². The number of nitrogens with two attached hydrogens (primary N) is 1. The van der Waals surface area contributed by atoms with Crippen LogP contribution in [-0.4, -0.2) is 12.3 Å². The second-order valence-corrected chi connectivity index (χ2v) is 4.14. The number of rotatable bonds is 4. The van der Waals surface area contributed by atoms with Gasteiger partial charge in [0.2, 0.25) is 5.78 Å². The highest BCUT2D eigenvalue weighted by molar-refractivity contribution is 5.98. The molecule has 90 valence electrons. The lowest BCUT2D eigenvalue weighted by atomic mass is 10.0. The van der Waals surface area contributed by atoms with Crippen LogP contribution in [0.4, 0.5) is 4.39 Å². The molecule has 1 unspecified atom stereocenters. The summed E-state index contributed by atoms with van der Waals surface area (Å²) in [5.74, 6) is -0.337. The molecule has 0 aliphatic carbocycles.